The molecule has 0 aromatic heterocycles. The summed E-state index contributed by atoms with van der Waals surface area (Å²) < 4.78 is 16.5. The Kier molecular flexibility index (Phi) is 6.69. The average molecular weight is 343 g/mol. The number of carbonyl (C=O) groups is 1. The number of benzene rings is 2. The Balaban J connectivity index is 1.91. The van der Waals surface area contributed by atoms with Crippen LogP contribution in [0.5, 0.6) is 17.2 Å². The van der Waals surface area contributed by atoms with Crippen LogP contribution in [-0.2, 0) is 0 Å². The number of hydrogen-bond acceptors (Lipinski definition) is 4. The van der Waals surface area contributed by atoms with Gasteiger partial charge < -0.3 is 19.5 Å². The lowest BCUT2D eigenvalue weighted by Gasteiger charge is -2.17. The minimum absolute atomic E-state index is 0.00442. The summed E-state index contributed by atoms with van der Waals surface area (Å²) in [6.45, 7) is 6.12. The van der Waals surface area contributed by atoms with Crippen LogP contribution < -0.4 is 19.5 Å². The van der Waals surface area contributed by atoms with E-state index >= 15 is 0 Å². The molecule has 0 aliphatic heterocycles. The molecule has 134 valence electrons. The van der Waals surface area contributed by atoms with Crippen molar-refractivity contribution < 1.29 is 19.0 Å². The molecule has 1 unspecified atom stereocenters. The Morgan fingerprint density at radius 2 is 1.64 bits per heavy atom. The first-order valence-corrected chi connectivity index (χ1v) is 8.33. The maximum absolute atomic E-state index is 12.5. The fraction of sp³-hybridized carbons (Fsp3) is 0.350. The van der Waals surface area contributed by atoms with Crippen molar-refractivity contribution in [3.05, 3.63) is 54.1 Å². The Morgan fingerprint density at radius 3 is 2.28 bits per heavy atom. The van der Waals surface area contributed by atoms with E-state index in [1.54, 1.807) is 19.2 Å². The first-order valence-electron chi connectivity index (χ1n) is 8.33. The van der Waals surface area contributed by atoms with Gasteiger partial charge in [0.1, 0.15) is 23.9 Å². The molecule has 0 heterocycles. The van der Waals surface area contributed by atoms with Crippen LogP contribution in [0.25, 0.3) is 0 Å². The molecule has 0 bridgehead atoms. The third-order valence-corrected chi connectivity index (χ3v) is 3.43. The summed E-state index contributed by atoms with van der Waals surface area (Å²) in [5.41, 5.74) is 0.521. The zero-order chi connectivity index (χ0) is 18.2. The highest BCUT2D eigenvalue weighted by Gasteiger charge is 2.15. The molecule has 0 spiro atoms. The average Bonchev–Trinajstić information content (AvgIpc) is 2.60. The van der Waals surface area contributed by atoms with E-state index in [2.05, 4.69) is 5.32 Å². The standard InChI is InChI=1S/C20H25NO4/c1-14(2)25-19-8-6-5-7-18(19)20(22)21-15(3)13-24-17-11-9-16(23-4)10-12-17/h5-12,14-15H,13H2,1-4H3,(H,21,22). The predicted molar refractivity (Wildman–Crippen MR) is 97.6 cm³/mol. The Bertz CT molecular complexity index is 682. The summed E-state index contributed by atoms with van der Waals surface area (Å²) in [5, 5.41) is 2.93. The number of hydrogen-bond donors (Lipinski definition) is 1. The van der Waals surface area contributed by atoms with E-state index in [4.69, 9.17) is 14.2 Å². The molecule has 25 heavy (non-hydrogen) atoms. The summed E-state index contributed by atoms with van der Waals surface area (Å²) in [6.07, 6.45) is 0.00442. The van der Waals surface area contributed by atoms with Crippen LogP contribution in [0.2, 0.25) is 0 Å². The van der Waals surface area contributed by atoms with Crippen molar-refractivity contribution in [1.29, 1.82) is 0 Å². The molecule has 1 N–H and O–H groups in total. The number of carbonyl (C=O) groups excluding carboxylic acids is 1. The van der Waals surface area contributed by atoms with Crippen molar-refractivity contribution in [3.8, 4) is 17.2 Å². The van der Waals surface area contributed by atoms with Gasteiger partial charge in [0.15, 0.2) is 0 Å². The van der Waals surface area contributed by atoms with E-state index in [9.17, 15) is 4.79 Å². The molecular formula is C20H25NO4. The number of para-hydroxylation sites is 1. The van der Waals surface area contributed by atoms with Gasteiger partial charge in [0, 0.05) is 0 Å². The van der Waals surface area contributed by atoms with Crippen LogP contribution in [-0.4, -0.2) is 31.8 Å². The zero-order valence-electron chi connectivity index (χ0n) is 15.1. The van der Waals surface area contributed by atoms with Crippen molar-refractivity contribution >= 4 is 5.91 Å². The molecule has 5 nitrogen and oxygen atoms in total. The molecule has 0 saturated heterocycles. The van der Waals surface area contributed by atoms with E-state index in [1.165, 1.54) is 0 Å². The molecule has 0 radical (unpaired) electrons. The largest absolute Gasteiger partial charge is 0.497 e. The highest BCUT2D eigenvalue weighted by Crippen LogP contribution is 2.20. The van der Waals surface area contributed by atoms with Gasteiger partial charge in [-0.2, -0.15) is 0 Å². The van der Waals surface area contributed by atoms with Crippen molar-refractivity contribution in [3.63, 3.8) is 0 Å². The maximum atomic E-state index is 12.5. The van der Waals surface area contributed by atoms with Gasteiger partial charge in [0.05, 0.1) is 24.8 Å². The topological polar surface area (TPSA) is 56.8 Å². The molecule has 2 aromatic rings. The summed E-state index contributed by atoms with van der Waals surface area (Å²) in [7, 11) is 1.62. The first kappa shape index (κ1) is 18.6. The zero-order valence-corrected chi connectivity index (χ0v) is 15.1. The SMILES string of the molecule is COc1ccc(OCC(C)NC(=O)c2ccccc2OC(C)C)cc1. The van der Waals surface area contributed by atoms with Crippen molar-refractivity contribution in [2.45, 2.75) is 32.9 Å². The second kappa shape index (κ2) is 8.97. The van der Waals surface area contributed by atoms with Crippen molar-refractivity contribution in [2.75, 3.05) is 13.7 Å². The van der Waals surface area contributed by atoms with E-state index in [0.717, 1.165) is 11.5 Å². The Morgan fingerprint density at radius 1 is 1.00 bits per heavy atom. The van der Waals surface area contributed by atoms with Crippen LogP contribution in [0, 0.1) is 0 Å². The Hall–Kier alpha value is -2.69. The minimum atomic E-state index is -0.179. The van der Waals surface area contributed by atoms with E-state index < -0.39 is 0 Å². The van der Waals surface area contributed by atoms with Crippen LogP contribution in [0.15, 0.2) is 48.5 Å². The van der Waals surface area contributed by atoms with Gasteiger partial charge in [-0.05, 0) is 57.2 Å². The molecule has 2 rings (SSSR count). The molecular weight excluding hydrogens is 318 g/mol. The molecule has 1 atom stereocenters. The highest BCUT2D eigenvalue weighted by molar-refractivity contribution is 5.97. The van der Waals surface area contributed by atoms with Gasteiger partial charge in [0.2, 0.25) is 0 Å². The molecule has 1 amide bonds. The van der Waals surface area contributed by atoms with Crippen LogP contribution in [0.3, 0.4) is 0 Å². The molecule has 2 aromatic carbocycles. The van der Waals surface area contributed by atoms with Gasteiger partial charge >= 0.3 is 0 Å². The second-order valence-corrected chi connectivity index (χ2v) is 6.02. The van der Waals surface area contributed by atoms with Gasteiger partial charge in [-0.15, -0.1) is 0 Å². The second-order valence-electron chi connectivity index (χ2n) is 6.02. The van der Waals surface area contributed by atoms with Gasteiger partial charge in [-0.3, -0.25) is 4.79 Å². The summed E-state index contributed by atoms with van der Waals surface area (Å²) >= 11 is 0. The van der Waals surface area contributed by atoms with E-state index in [1.807, 2.05) is 57.2 Å². The molecule has 0 aliphatic carbocycles. The summed E-state index contributed by atoms with van der Waals surface area (Å²) in [4.78, 5) is 12.5. The van der Waals surface area contributed by atoms with Crippen molar-refractivity contribution in [2.24, 2.45) is 0 Å². The lowest BCUT2D eigenvalue weighted by atomic mass is 10.1. The lowest BCUT2D eigenvalue weighted by molar-refractivity contribution is 0.0921. The smallest absolute Gasteiger partial charge is 0.255 e. The molecule has 0 aliphatic rings. The Labute approximate surface area is 148 Å². The third kappa shape index (κ3) is 5.71. The molecule has 5 heteroatoms. The number of amides is 1. The first-order chi connectivity index (χ1) is 12.0. The van der Waals surface area contributed by atoms with E-state index in [-0.39, 0.29) is 18.1 Å². The fourth-order valence-corrected chi connectivity index (χ4v) is 2.25. The van der Waals surface area contributed by atoms with Crippen molar-refractivity contribution in [1.82, 2.24) is 5.32 Å². The fourth-order valence-electron chi connectivity index (χ4n) is 2.25. The van der Waals surface area contributed by atoms with Crippen LogP contribution in [0.4, 0.5) is 0 Å². The maximum Gasteiger partial charge on any atom is 0.255 e. The van der Waals surface area contributed by atoms with E-state index in [0.29, 0.717) is 17.9 Å². The summed E-state index contributed by atoms with van der Waals surface area (Å²) in [5.74, 6) is 1.90. The van der Waals surface area contributed by atoms with Gasteiger partial charge in [0.25, 0.3) is 5.91 Å². The van der Waals surface area contributed by atoms with Gasteiger partial charge in [-0.25, -0.2) is 0 Å². The monoisotopic (exact) mass is 343 g/mol. The lowest BCUT2D eigenvalue weighted by Crippen LogP contribution is -2.37. The quantitative estimate of drug-likeness (QED) is 0.794. The predicted octanol–water partition coefficient (Wildman–Crippen LogP) is 3.68. The normalized spacial score (nSPS) is 11.7. The molecule has 0 fully saturated rings. The highest BCUT2D eigenvalue weighted by atomic mass is 16.5. The molecule has 0 saturated carbocycles. The number of methoxy groups -OCH3 is 1. The number of rotatable bonds is 8. The minimum Gasteiger partial charge on any atom is -0.497 e. The summed E-state index contributed by atoms with van der Waals surface area (Å²) in [6, 6.07) is 14.4. The van der Waals surface area contributed by atoms with Crippen LogP contribution >= 0.6 is 0 Å². The number of nitrogens with one attached hydrogen (secondary N) is 1. The third-order valence-electron chi connectivity index (χ3n) is 3.43. The van der Waals surface area contributed by atoms with Crippen LogP contribution in [0.1, 0.15) is 31.1 Å². The van der Waals surface area contributed by atoms with Gasteiger partial charge in [-0.1, -0.05) is 12.1 Å². The number of ether oxygens (including phenoxy) is 3.